The van der Waals surface area contributed by atoms with Crippen LogP contribution in [-0.2, 0) is 29.7 Å². The van der Waals surface area contributed by atoms with Gasteiger partial charge in [0.2, 0.25) is 10.8 Å². The lowest BCUT2D eigenvalue weighted by Crippen LogP contribution is -2.51. The Balaban J connectivity index is 1.32. The Labute approximate surface area is 253 Å². The highest BCUT2D eigenvalue weighted by molar-refractivity contribution is 7.89. The zero-order chi connectivity index (χ0) is 31.0. The van der Waals surface area contributed by atoms with Gasteiger partial charge in [0, 0.05) is 19.1 Å². The van der Waals surface area contributed by atoms with Crippen molar-refractivity contribution in [2.24, 2.45) is 12.5 Å². The van der Waals surface area contributed by atoms with E-state index in [1.807, 2.05) is 6.08 Å². The number of sulfonamides is 1. The smallest absolute Gasteiger partial charge is 0.290 e. The van der Waals surface area contributed by atoms with Crippen molar-refractivity contribution >= 4 is 33.2 Å². The molecule has 2 atom stereocenters. The van der Waals surface area contributed by atoms with Gasteiger partial charge in [-0.1, -0.05) is 5.57 Å². The molecule has 3 aliphatic rings. The largest absolute Gasteiger partial charge is 0.427 e. The highest BCUT2D eigenvalue weighted by Gasteiger charge is 2.54. The van der Waals surface area contributed by atoms with Crippen molar-refractivity contribution < 1.29 is 30.8 Å². The second-order valence-corrected chi connectivity index (χ2v) is 14.2. The third-order valence-corrected chi connectivity index (χ3v) is 11.4. The number of thiazole rings is 1. The lowest BCUT2D eigenvalue weighted by molar-refractivity contribution is -0.134. The standard InChI is InChI=1S/C28H25F4N7O3S2/c1-37-34-15-24(36-37)44(41,42)39(20-8-9-20)21-5-2-17-10-22-16(13-35-38(22)19-6-3-18(29)4-7-19)11-27(17,12-21)25(40)26-33-14-23(43-26)28(30,31)32/h3-4,6-7,10,13-15,20-21H,2,5,8-9,11-12H2,1H3/t21-,27-/m0/s1. The zero-order valence-corrected chi connectivity index (χ0v) is 24.8. The molecule has 7 rings (SSSR count). The third kappa shape index (κ3) is 4.79. The fourth-order valence-electron chi connectivity index (χ4n) is 6.38. The Morgan fingerprint density at radius 3 is 2.45 bits per heavy atom. The van der Waals surface area contributed by atoms with E-state index in [2.05, 4.69) is 20.3 Å². The average Bonchev–Trinajstić information content (AvgIpc) is 3.34. The predicted molar refractivity (Wildman–Crippen MR) is 150 cm³/mol. The van der Waals surface area contributed by atoms with Crippen LogP contribution in [-0.4, -0.2) is 60.3 Å². The van der Waals surface area contributed by atoms with Crippen LogP contribution in [0.3, 0.4) is 0 Å². The van der Waals surface area contributed by atoms with Gasteiger partial charge in [-0.2, -0.15) is 32.5 Å². The fraction of sp³-hybridized carbons (Fsp3) is 0.393. The van der Waals surface area contributed by atoms with Gasteiger partial charge < -0.3 is 0 Å². The molecular weight excluding hydrogens is 622 g/mol. The Hall–Kier alpha value is -3.76. The molecule has 10 nitrogen and oxygen atoms in total. The molecule has 0 spiro atoms. The number of halogens is 4. The molecule has 0 unspecified atom stereocenters. The molecule has 0 N–H and O–H groups in total. The van der Waals surface area contributed by atoms with E-state index >= 15 is 0 Å². The molecule has 3 heterocycles. The van der Waals surface area contributed by atoms with E-state index < -0.39 is 44.1 Å². The highest BCUT2D eigenvalue weighted by atomic mass is 32.2. The number of ketones is 1. The van der Waals surface area contributed by atoms with Gasteiger partial charge in [0.1, 0.15) is 10.7 Å². The summed E-state index contributed by atoms with van der Waals surface area (Å²) in [5.74, 6) is -0.990. The summed E-state index contributed by atoms with van der Waals surface area (Å²) < 4.78 is 84.9. The maximum atomic E-state index is 14.4. The van der Waals surface area contributed by atoms with Crippen LogP contribution < -0.4 is 0 Å². The maximum absolute atomic E-state index is 14.4. The Morgan fingerprint density at radius 1 is 1.07 bits per heavy atom. The number of hydrogen-bond acceptors (Lipinski definition) is 8. The van der Waals surface area contributed by atoms with E-state index in [1.54, 1.807) is 23.0 Å². The molecular formula is C28H25F4N7O3S2. The monoisotopic (exact) mass is 647 g/mol. The van der Waals surface area contributed by atoms with Crippen LogP contribution in [0.5, 0.6) is 0 Å². The van der Waals surface area contributed by atoms with Gasteiger partial charge in [-0.15, -0.1) is 16.4 Å². The van der Waals surface area contributed by atoms with Crippen LogP contribution in [0.4, 0.5) is 17.6 Å². The summed E-state index contributed by atoms with van der Waals surface area (Å²) in [6.07, 6.45) is 2.74. The molecule has 0 aliphatic heterocycles. The lowest BCUT2D eigenvalue weighted by Gasteiger charge is -2.46. The summed E-state index contributed by atoms with van der Waals surface area (Å²) in [7, 11) is -2.57. The molecule has 1 aromatic carbocycles. The van der Waals surface area contributed by atoms with Gasteiger partial charge in [0.25, 0.3) is 10.0 Å². The number of alkyl halides is 3. The normalized spacial score (nSPS) is 22.0. The average molecular weight is 648 g/mol. The zero-order valence-electron chi connectivity index (χ0n) is 23.2. The highest BCUT2D eigenvalue weighted by Crippen LogP contribution is 2.53. The van der Waals surface area contributed by atoms with E-state index in [1.165, 1.54) is 29.7 Å². The number of Topliss-reactive ketones (excluding diaryl/α,β-unsaturated/α-hetero) is 1. The molecule has 44 heavy (non-hydrogen) atoms. The number of fused-ring (bicyclic) bond motifs is 2. The van der Waals surface area contributed by atoms with Gasteiger partial charge in [-0.25, -0.2) is 22.5 Å². The lowest BCUT2D eigenvalue weighted by atomic mass is 9.61. The number of allylic oxidation sites excluding steroid dienone is 1. The summed E-state index contributed by atoms with van der Waals surface area (Å²) in [5, 5.41) is 12.0. The van der Waals surface area contributed by atoms with E-state index in [-0.39, 0.29) is 40.3 Å². The minimum atomic E-state index is -4.66. The van der Waals surface area contributed by atoms with E-state index in [9.17, 15) is 30.8 Å². The summed E-state index contributed by atoms with van der Waals surface area (Å²) in [5.41, 5.74) is 1.26. The van der Waals surface area contributed by atoms with Crippen molar-refractivity contribution in [2.75, 3.05) is 0 Å². The second kappa shape index (κ2) is 10.1. The first-order valence-corrected chi connectivity index (χ1v) is 16.1. The number of aryl methyl sites for hydroxylation is 1. The predicted octanol–water partition coefficient (Wildman–Crippen LogP) is 4.83. The Kier molecular flexibility index (Phi) is 6.68. The first-order valence-electron chi connectivity index (χ1n) is 13.9. The molecule has 230 valence electrons. The number of carbonyl (C=O) groups is 1. The van der Waals surface area contributed by atoms with Crippen LogP contribution in [0.2, 0.25) is 0 Å². The summed E-state index contributed by atoms with van der Waals surface area (Å²) in [6.45, 7) is 0. The number of benzene rings is 1. The van der Waals surface area contributed by atoms with Gasteiger partial charge in [0.15, 0.2) is 5.01 Å². The van der Waals surface area contributed by atoms with E-state index in [0.717, 1.165) is 4.80 Å². The van der Waals surface area contributed by atoms with Crippen molar-refractivity contribution in [3.8, 4) is 5.69 Å². The quantitative estimate of drug-likeness (QED) is 0.209. The number of hydrogen-bond donors (Lipinski definition) is 0. The minimum Gasteiger partial charge on any atom is -0.290 e. The molecule has 4 aromatic rings. The molecule has 0 amide bonds. The maximum Gasteiger partial charge on any atom is 0.427 e. The van der Waals surface area contributed by atoms with E-state index in [0.29, 0.717) is 54.4 Å². The SMILES string of the molecule is Cn1ncc(S(=O)(=O)N(C2CC2)[C@H]2CCC3=Cc4c(cnn4-c4ccc(F)cc4)C[C@]3(C(=O)c3ncc(C(F)(F)F)s3)C2)n1. The molecule has 16 heteroatoms. The summed E-state index contributed by atoms with van der Waals surface area (Å²) >= 11 is 0.288. The van der Waals surface area contributed by atoms with E-state index in [4.69, 9.17) is 0 Å². The van der Waals surface area contributed by atoms with Crippen molar-refractivity contribution in [3.63, 3.8) is 0 Å². The molecule has 3 aromatic heterocycles. The summed E-state index contributed by atoms with van der Waals surface area (Å²) in [4.78, 5) is 18.4. The van der Waals surface area contributed by atoms with Gasteiger partial charge in [-0.3, -0.25) is 4.79 Å². The Morgan fingerprint density at radius 2 is 1.82 bits per heavy atom. The fourth-order valence-corrected chi connectivity index (χ4v) is 8.99. The number of nitrogens with zero attached hydrogens (tertiary/aromatic N) is 7. The van der Waals surface area contributed by atoms with Gasteiger partial charge >= 0.3 is 6.18 Å². The number of carbonyl (C=O) groups excluding carboxylic acids is 1. The topological polar surface area (TPSA) is 116 Å². The van der Waals surface area contributed by atoms with Crippen LogP contribution in [0, 0.1) is 11.2 Å². The van der Waals surface area contributed by atoms with Crippen LogP contribution in [0.15, 0.2) is 53.5 Å². The van der Waals surface area contributed by atoms with Crippen molar-refractivity contribution in [1.82, 2.24) is 34.1 Å². The minimum absolute atomic E-state index is 0.0513. The first kappa shape index (κ1) is 29.0. The van der Waals surface area contributed by atoms with Crippen molar-refractivity contribution in [2.45, 2.75) is 61.8 Å². The van der Waals surface area contributed by atoms with Crippen LogP contribution in [0.25, 0.3) is 11.8 Å². The van der Waals surface area contributed by atoms with Crippen molar-refractivity contribution in [1.29, 1.82) is 0 Å². The molecule has 0 saturated heterocycles. The molecule has 0 radical (unpaired) electrons. The second-order valence-electron chi connectivity index (χ2n) is 11.4. The van der Waals surface area contributed by atoms with Gasteiger partial charge in [-0.05, 0) is 74.4 Å². The molecule has 0 bridgehead atoms. The Bertz CT molecular complexity index is 1910. The van der Waals surface area contributed by atoms with Crippen LogP contribution in [0.1, 0.15) is 58.0 Å². The number of rotatable bonds is 7. The van der Waals surface area contributed by atoms with Crippen LogP contribution >= 0.6 is 11.3 Å². The number of aromatic nitrogens is 6. The third-order valence-electron chi connectivity index (χ3n) is 8.51. The molecule has 3 aliphatic carbocycles. The molecule has 2 saturated carbocycles. The molecule has 2 fully saturated rings. The van der Waals surface area contributed by atoms with Gasteiger partial charge in [0.05, 0.1) is 35.4 Å². The summed E-state index contributed by atoms with van der Waals surface area (Å²) in [6, 6.07) is 4.87. The first-order chi connectivity index (χ1) is 20.9. The van der Waals surface area contributed by atoms with Crippen molar-refractivity contribution in [3.05, 3.63) is 75.4 Å².